The first-order chi connectivity index (χ1) is 12.7. The lowest BCUT2D eigenvalue weighted by molar-refractivity contribution is 0.0751. The third-order valence-electron chi connectivity index (χ3n) is 4.66. The van der Waals surface area contributed by atoms with E-state index in [-0.39, 0.29) is 0 Å². The van der Waals surface area contributed by atoms with Gasteiger partial charge in [-0.25, -0.2) is 0 Å². The quantitative estimate of drug-likeness (QED) is 0.721. The average Bonchev–Trinajstić information content (AvgIpc) is 3.18. The van der Waals surface area contributed by atoms with Crippen molar-refractivity contribution in [3.05, 3.63) is 59.7 Å². The van der Waals surface area contributed by atoms with Crippen molar-refractivity contribution in [1.82, 2.24) is 10.2 Å². The highest BCUT2D eigenvalue weighted by Crippen LogP contribution is 2.21. The van der Waals surface area contributed by atoms with Crippen LogP contribution in [0.5, 0.6) is 11.5 Å². The number of ether oxygens (including phenoxy) is 2. The summed E-state index contributed by atoms with van der Waals surface area (Å²) in [5, 5.41) is 13.5. The molecule has 0 aliphatic carbocycles. The third-order valence-corrected chi connectivity index (χ3v) is 4.66. The highest BCUT2D eigenvalue weighted by Gasteiger charge is 2.16. The molecule has 140 valence electrons. The Labute approximate surface area is 155 Å². The van der Waals surface area contributed by atoms with Crippen LogP contribution in [-0.4, -0.2) is 56.1 Å². The van der Waals surface area contributed by atoms with Crippen molar-refractivity contribution in [2.45, 2.75) is 18.9 Å². The van der Waals surface area contributed by atoms with E-state index >= 15 is 0 Å². The van der Waals surface area contributed by atoms with Gasteiger partial charge in [0.15, 0.2) is 0 Å². The number of β-amino-alcohol motifs (C(OH)–C–C–N with tert-alkyl or cyclic N) is 1. The second-order valence-electron chi connectivity index (χ2n) is 6.66. The molecule has 1 aliphatic heterocycles. The molecule has 0 bridgehead atoms. The lowest BCUT2D eigenvalue weighted by Crippen LogP contribution is -2.34. The van der Waals surface area contributed by atoms with Crippen LogP contribution in [0.4, 0.5) is 0 Å². The summed E-state index contributed by atoms with van der Waals surface area (Å²) in [5.74, 6) is 1.74. The number of aryl methyl sites for hydroxylation is 2. The van der Waals surface area contributed by atoms with E-state index in [2.05, 4.69) is 28.4 Å². The molecule has 26 heavy (non-hydrogen) atoms. The summed E-state index contributed by atoms with van der Waals surface area (Å²) in [6.45, 7) is 3.77. The molecule has 0 aromatic heterocycles. The standard InChI is InChI=1S/C21H28N2O3/c1-25-20-10-7-17(8-11-20)6-9-18-4-2-3-5-21(18)26-15-19(24)14-23-13-12-22-16-23/h2-5,7-8,10-11,19,22,24H,6,9,12-16H2,1H3/t19-/m0/s1. The molecule has 2 aromatic rings. The van der Waals surface area contributed by atoms with Crippen LogP contribution in [0, 0.1) is 0 Å². The molecule has 3 rings (SSSR count). The summed E-state index contributed by atoms with van der Waals surface area (Å²) in [4.78, 5) is 2.20. The summed E-state index contributed by atoms with van der Waals surface area (Å²) in [7, 11) is 1.68. The number of aliphatic hydroxyl groups excluding tert-OH is 1. The van der Waals surface area contributed by atoms with Gasteiger partial charge in [0.05, 0.1) is 7.11 Å². The minimum Gasteiger partial charge on any atom is -0.497 e. The summed E-state index contributed by atoms with van der Waals surface area (Å²) < 4.78 is 11.1. The Hall–Kier alpha value is -2.08. The van der Waals surface area contributed by atoms with Gasteiger partial charge in [-0.05, 0) is 42.2 Å². The zero-order valence-electron chi connectivity index (χ0n) is 15.4. The van der Waals surface area contributed by atoms with Crippen molar-refractivity contribution in [3.63, 3.8) is 0 Å². The van der Waals surface area contributed by atoms with Gasteiger partial charge in [-0.1, -0.05) is 30.3 Å². The van der Waals surface area contributed by atoms with E-state index in [0.717, 1.165) is 44.1 Å². The van der Waals surface area contributed by atoms with Crippen molar-refractivity contribution in [2.75, 3.05) is 40.0 Å². The molecule has 0 saturated carbocycles. The number of nitrogens with zero attached hydrogens (tertiary/aromatic N) is 1. The first-order valence-corrected chi connectivity index (χ1v) is 9.19. The van der Waals surface area contributed by atoms with Gasteiger partial charge in [-0.3, -0.25) is 4.90 Å². The molecule has 1 fully saturated rings. The summed E-state index contributed by atoms with van der Waals surface area (Å²) in [5.41, 5.74) is 2.43. The van der Waals surface area contributed by atoms with E-state index < -0.39 is 6.10 Å². The number of para-hydroxylation sites is 1. The van der Waals surface area contributed by atoms with Crippen LogP contribution in [-0.2, 0) is 12.8 Å². The van der Waals surface area contributed by atoms with Crippen molar-refractivity contribution < 1.29 is 14.6 Å². The van der Waals surface area contributed by atoms with Crippen LogP contribution in [0.15, 0.2) is 48.5 Å². The van der Waals surface area contributed by atoms with Crippen LogP contribution >= 0.6 is 0 Å². The Kier molecular flexibility index (Phi) is 6.89. The number of methoxy groups -OCH3 is 1. The van der Waals surface area contributed by atoms with Gasteiger partial charge in [-0.15, -0.1) is 0 Å². The zero-order valence-corrected chi connectivity index (χ0v) is 15.4. The van der Waals surface area contributed by atoms with Gasteiger partial charge in [-0.2, -0.15) is 0 Å². The fraction of sp³-hybridized carbons (Fsp3) is 0.429. The van der Waals surface area contributed by atoms with Crippen molar-refractivity contribution in [3.8, 4) is 11.5 Å². The summed E-state index contributed by atoms with van der Waals surface area (Å²) in [6.07, 6.45) is 1.35. The SMILES string of the molecule is COc1ccc(CCc2ccccc2OC[C@@H](O)CN2CCNC2)cc1. The van der Waals surface area contributed by atoms with Crippen molar-refractivity contribution >= 4 is 0 Å². The van der Waals surface area contributed by atoms with Gasteiger partial charge in [0.25, 0.3) is 0 Å². The fourth-order valence-corrected chi connectivity index (χ4v) is 3.17. The van der Waals surface area contributed by atoms with Crippen LogP contribution in [0.2, 0.25) is 0 Å². The number of rotatable bonds is 9. The minimum atomic E-state index is -0.482. The zero-order chi connectivity index (χ0) is 18.2. The van der Waals surface area contributed by atoms with E-state index in [0.29, 0.717) is 13.2 Å². The van der Waals surface area contributed by atoms with Crippen LogP contribution < -0.4 is 14.8 Å². The molecule has 2 aromatic carbocycles. The topological polar surface area (TPSA) is 54.0 Å². The largest absolute Gasteiger partial charge is 0.497 e. The van der Waals surface area contributed by atoms with Crippen molar-refractivity contribution in [2.24, 2.45) is 0 Å². The predicted molar refractivity (Wildman–Crippen MR) is 103 cm³/mol. The van der Waals surface area contributed by atoms with Crippen LogP contribution in [0.3, 0.4) is 0 Å². The third kappa shape index (κ3) is 5.46. The van der Waals surface area contributed by atoms with Gasteiger partial charge in [0, 0.05) is 26.3 Å². The summed E-state index contributed by atoms with van der Waals surface area (Å²) >= 11 is 0. The lowest BCUT2D eigenvalue weighted by atomic mass is 10.0. The number of benzene rings is 2. The molecule has 0 spiro atoms. The highest BCUT2D eigenvalue weighted by molar-refractivity contribution is 5.35. The molecule has 5 nitrogen and oxygen atoms in total. The summed E-state index contributed by atoms with van der Waals surface area (Å²) in [6, 6.07) is 16.2. The first kappa shape index (κ1) is 18.7. The molecule has 1 atom stereocenters. The molecular formula is C21H28N2O3. The monoisotopic (exact) mass is 356 g/mol. The second-order valence-corrected chi connectivity index (χ2v) is 6.66. The lowest BCUT2D eigenvalue weighted by Gasteiger charge is -2.20. The molecule has 0 amide bonds. The maximum Gasteiger partial charge on any atom is 0.122 e. The van der Waals surface area contributed by atoms with Gasteiger partial charge >= 0.3 is 0 Å². The van der Waals surface area contributed by atoms with Gasteiger partial charge in [0.2, 0.25) is 0 Å². The molecule has 1 saturated heterocycles. The Bertz CT molecular complexity index is 669. The molecule has 5 heteroatoms. The molecule has 1 aliphatic rings. The van der Waals surface area contributed by atoms with Crippen LogP contribution in [0.25, 0.3) is 0 Å². The van der Waals surface area contributed by atoms with Gasteiger partial charge < -0.3 is 19.9 Å². The predicted octanol–water partition coefficient (Wildman–Crippen LogP) is 2.08. The first-order valence-electron chi connectivity index (χ1n) is 9.19. The van der Waals surface area contributed by atoms with E-state index in [1.807, 2.05) is 30.3 Å². The number of aliphatic hydroxyl groups is 1. The smallest absolute Gasteiger partial charge is 0.122 e. The fourth-order valence-electron chi connectivity index (χ4n) is 3.17. The average molecular weight is 356 g/mol. The molecular weight excluding hydrogens is 328 g/mol. The Morgan fingerprint density at radius 2 is 1.92 bits per heavy atom. The number of nitrogens with one attached hydrogen (secondary N) is 1. The highest BCUT2D eigenvalue weighted by atomic mass is 16.5. The Balaban J connectivity index is 1.51. The Morgan fingerprint density at radius 3 is 2.65 bits per heavy atom. The maximum absolute atomic E-state index is 10.2. The maximum atomic E-state index is 10.2. The number of hydrogen-bond donors (Lipinski definition) is 2. The van der Waals surface area contributed by atoms with E-state index in [1.165, 1.54) is 11.1 Å². The molecule has 0 unspecified atom stereocenters. The number of hydrogen-bond acceptors (Lipinski definition) is 5. The molecule has 2 N–H and O–H groups in total. The van der Waals surface area contributed by atoms with Crippen LogP contribution in [0.1, 0.15) is 11.1 Å². The Morgan fingerprint density at radius 1 is 1.12 bits per heavy atom. The van der Waals surface area contributed by atoms with Gasteiger partial charge in [0.1, 0.15) is 24.2 Å². The molecule has 0 radical (unpaired) electrons. The second kappa shape index (κ2) is 9.57. The van der Waals surface area contributed by atoms with E-state index in [4.69, 9.17) is 9.47 Å². The van der Waals surface area contributed by atoms with Crippen molar-refractivity contribution in [1.29, 1.82) is 0 Å². The normalized spacial score (nSPS) is 15.8. The minimum absolute atomic E-state index is 0.316. The van der Waals surface area contributed by atoms with E-state index in [9.17, 15) is 5.11 Å². The molecule has 1 heterocycles. The van der Waals surface area contributed by atoms with E-state index in [1.54, 1.807) is 7.11 Å².